The highest BCUT2D eigenvalue weighted by molar-refractivity contribution is 6.04. The number of benzene rings is 3. The molecular weight excluding hydrogens is 865 g/mol. The number of aromatic nitrogens is 4. The molecule has 0 bridgehead atoms. The van der Waals surface area contributed by atoms with E-state index in [2.05, 4.69) is 53.1 Å². The van der Waals surface area contributed by atoms with Gasteiger partial charge in [0.05, 0.1) is 52.5 Å². The Kier molecular flexibility index (Phi) is 11.1. The van der Waals surface area contributed by atoms with E-state index in [9.17, 15) is 24.3 Å². The molecule has 4 unspecified atom stereocenters. The summed E-state index contributed by atoms with van der Waals surface area (Å²) in [4.78, 5) is 76.0. The van der Waals surface area contributed by atoms with E-state index in [0.29, 0.717) is 57.2 Å². The standard InChI is InChI=1S/C52H60N8O8/c1-29-21-40(59(27-29)47(61)42(57-49(63)66-4)34-13-19-67-51(25-34)15-16-51)45-53-37-11-8-32(24-39(37)55-45)6-5-31-7-10-36-33(23-31)9-12-38-43(36)56-46(54-38)41-22-30(2)28-60(41)48(62)44(58(3)50(64)65)35-14-20-68-52(26-35)17-18-52/h7-12,23-24,29-30,34-35,40-42,44H,13-22,25-28H2,1-4H3,(H,53,55)(H,54,56)(H,57,63)(H,64,65)/t29-,30-,34?,35?,40-,41-,42?,44?/m0/s1. The molecule has 6 fully saturated rings. The van der Waals surface area contributed by atoms with Gasteiger partial charge in [0, 0.05) is 49.9 Å². The highest BCUT2D eigenvalue weighted by Crippen LogP contribution is 2.51. The van der Waals surface area contributed by atoms with Crippen molar-refractivity contribution in [1.29, 1.82) is 0 Å². The number of fused-ring (bicyclic) bond motifs is 4. The van der Waals surface area contributed by atoms with Crippen molar-refractivity contribution in [3.63, 3.8) is 0 Å². The molecule has 4 amide bonds. The zero-order valence-electron chi connectivity index (χ0n) is 39.2. The van der Waals surface area contributed by atoms with Crippen LogP contribution < -0.4 is 5.32 Å². The summed E-state index contributed by atoms with van der Waals surface area (Å²) in [5, 5.41) is 15.0. The molecule has 68 heavy (non-hydrogen) atoms. The largest absolute Gasteiger partial charge is 0.465 e. The zero-order chi connectivity index (χ0) is 47.1. The predicted molar refractivity (Wildman–Crippen MR) is 252 cm³/mol. The Labute approximate surface area is 394 Å². The maximum Gasteiger partial charge on any atom is 0.407 e. The number of hydrogen-bond acceptors (Lipinski definition) is 9. The summed E-state index contributed by atoms with van der Waals surface area (Å²) in [6.45, 7) is 6.48. The van der Waals surface area contributed by atoms with Crippen LogP contribution in [0.2, 0.25) is 0 Å². The fourth-order valence-electron chi connectivity index (χ4n) is 11.9. The van der Waals surface area contributed by atoms with E-state index in [1.165, 1.54) is 19.1 Å². The van der Waals surface area contributed by atoms with Crippen LogP contribution in [-0.2, 0) is 23.8 Å². The molecule has 6 aliphatic rings. The van der Waals surface area contributed by atoms with E-state index >= 15 is 0 Å². The van der Waals surface area contributed by atoms with Gasteiger partial charge in [-0.2, -0.15) is 0 Å². The summed E-state index contributed by atoms with van der Waals surface area (Å²) in [6.07, 6.45) is 6.42. The molecule has 3 aromatic carbocycles. The van der Waals surface area contributed by atoms with Crippen molar-refractivity contribution < 1.29 is 38.5 Å². The molecule has 4 saturated heterocycles. The molecule has 356 valence electrons. The predicted octanol–water partition coefficient (Wildman–Crippen LogP) is 7.43. The molecule has 16 heteroatoms. The number of hydrogen-bond donors (Lipinski definition) is 4. The summed E-state index contributed by atoms with van der Waals surface area (Å²) in [5.41, 5.74) is 4.59. The average Bonchev–Trinajstić information content (AvgIpc) is 3.92. The lowest BCUT2D eigenvalue weighted by molar-refractivity contribution is -0.142. The van der Waals surface area contributed by atoms with Crippen LogP contribution in [-0.4, -0.2) is 127 Å². The van der Waals surface area contributed by atoms with Gasteiger partial charge in [-0.05, 0) is 130 Å². The van der Waals surface area contributed by atoms with E-state index in [-0.39, 0.29) is 58.8 Å². The quantitative estimate of drug-likeness (QED) is 0.114. The summed E-state index contributed by atoms with van der Waals surface area (Å²) in [7, 11) is 2.84. The number of H-pyrrole nitrogens is 2. The van der Waals surface area contributed by atoms with Gasteiger partial charge < -0.3 is 44.4 Å². The lowest BCUT2D eigenvalue weighted by Crippen LogP contribution is -2.54. The number of likely N-dealkylation sites (tertiary alicyclic amines) is 2. The number of methoxy groups -OCH3 is 1. The van der Waals surface area contributed by atoms with Crippen LogP contribution in [0.3, 0.4) is 0 Å². The van der Waals surface area contributed by atoms with Crippen LogP contribution in [0.15, 0.2) is 48.5 Å². The fourth-order valence-corrected chi connectivity index (χ4v) is 11.9. The van der Waals surface area contributed by atoms with Crippen LogP contribution in [0.1, 0.15) is 113 Å². The molecule has 2 aliphatic carbocycles. The normalized spacial score (nSPS) is 26.7. The second-order valence-electron chi connectivity index (χ2n) is 20.8. The maximum absolute atomic E-state index is 14.6. The third kappa shape index (κ3) is 8.31. The van der Waals surface area contributed by atoms with Crippen molar-refractivity contribution in [3.8, 4) is 11.8 Å². The number of nitrogens with one attached hydrogen (secondary N) is 3. The molecular formula is C52H60N8O8. The van der Waals surface area contributed by atoms with Gasteiger partial charge in [-0.25, -0.2) is 19.6 Å². The van der Waals surface area contributed by atoms with Gasteiger partial charge >= 0.3 is 12.2 Å². The third-order valence-corrected chi connectivity index (χ3v) is 15.8. The van der Waals surface area contributed by atoms with E-state index in [0.717, 1.165) is 88.9 Å². The number of likely N-dealkylation sites (N-methyl/N-ethyl adjacent to an activating group) is 1. The molecule has 0 radical (unpaired) electrons. The second-order valence-corrected chi connectivity index (χ2v) is 20.8. The molecule has 2 spiro atoms. The molecule has 11 rings (SSSR count). The van der Waals surface area contributed by atoms with Crippen LogP contribution in [0, 0.1) is 35.5 Å². The molecule has 2 aromatic heterocycles. The Morgan fingerprint density at radius 3 is 2.07 bits per heavy atom. The van der Waals surface area contributed by atoms with Gasteiger partial charge in [-0.3, -0.25) is 14.5 Å². The number of amides is 4. The number of carboxylic acid groups (broad SMARTS) is 1. The number of rotatable bonds is 8. The Bertz CT molecular complexity index is 2890. The van der Waals surface area contributed by atoms with E-state index < -0.39 is 24.3 Å². The first kappa shape index (κ1) is 44.3. The van der Waals surface area contributed by atoms with E-state index in [4.69, 9.17) is 24.2 Å². The first-order valence-electron chi connectivity index (χ1n) is 24.4. The monoisotopic (exact) mass is 924 g/mol. The lowest BCUT2D eigenvalue weighted by Gasteiger charge is -2.40. The lowest BCUT2D eigenvalue weighted by atomic mass is 9.85. The van der Waals surface area contributed by atoms with Crippen molar-refractivity contribution in [1.82, 2.24) is 40.0 Å². The van der Waals surface area contributed by atoms with Crippen molar-refractivity contribution >= 4 is 56.8 Å². The number of aromatic amines is 2. The molecule has 16 nitrogen and oxygen atoms in total. The minimum atomic E-state index is -1.11. The topological polar surface area (TPSA) is 195 Å². The molecule has 6 heterocycles. The highest BCUT2D eigenvalue weighted by Gasteiger charge is 2.54. The average molecular weight is 925 g/mol. The number of carbonyl (C=O) groups is 4. The van der Waals surface area contributed by atoms with Crippen LogP contribution in [0.4, 0.5) is 9.59 Å². The number of carbonyl (C=O) groups excluding carboxylic acids is 3. The van der Waals surface area contributed by atoms with Gasteiger partial charge in [0.25, 0.3) is 0 Å². The summed E-state index contributed by atoms with van der Waals surface area (Å²) in [6, 6.07) is 14.0. The number of imidazole rings is 2. The van der Waals surface area contributed by atoms with Crippen LogP contribution >= 0.6 is 0 Å². The number of alkyl carbamates (subject to hydrolysis) is 1. The summed E-state index contributed by atoms with van der Waals surface area (Å²) < 4.78 is 17.1. The first-order chi connectivity index (χ1) is 32.8. The fraction of sp³-hybridized carbons (Fsp3) is 0.538. The van der Waals surface area contributed by atoms with Gasteiger partial charge in [-0.1, -0.05) is 37.8 Å². The minimum Gasteiger partial charge on any atom is -0.465 e. The van der Waals surface area contributed by atoms with Crippen LogP contribution in [0.5, 0.6) is 0 Å². The van der Waals surface area contributed by atoms with Crippen LogP contribution in [0.25, 0.3) is 32.8 Å². The molecule has 2 saturated carbocycles. The molecule has 4 aliphatic heterocycles. The third-order valence-electron chi connectivity index (χ3n) is 15.8. The molecule has 5 aromatic rings. The Balaban J connectivity index is 0.812. The number of ether oxygens (including phenoxy) is 3. The molecule has 8 atom stereocenters. The Morgan fingerprint density at radius 1 is 0.809 bits per heavy atom. The smallest absolute Gasteiger partial charge is 0.407 e. The second kappa shape index (κ2) is 17.1. The van der Waals surface area contributed by atoms with Crippen molar-refractivity contribution in [2.75, 3.05) is 40.5 Å². The number of nitrogens with zero attached hydrogens (tertiary/aromatic N) is 5. The molecule has 4 N–H and O–H groups in total. The maximum atomic E-state index is 14.6. The van der Waals surface area contributed by atoms with E-state index in [1.54, 1.807) is 0 Å². The SMILES string of the molecule is COC(=O)NC(C(=O)N1C[C@@H](C)C[C@H]1c1nc2ccc(C#Cc3ccc4c(ccc5[nH]c([C@@H]6C[C@H](C)CN6C(=O)C(C6CCOC7(CC7)C6)N(C)C(=O)O)nc54)c3)cc2[nH]1)C1CCOC2(CC2)C1. The van der Waals surface area contributed by atoms with Gasteiger partial charge in [0.2, 0.25) is 11.8 Å². The summed E-state index contributed by atoms with van der Waals surface area (Å²) in [5.74, 6) is 8.15. The van der Waals surface area contributed by atoms with Gasteiger partial charge in [-0.15, -0.1) is 0 Å². The first-order valence-corrected chi connectivity index (χ1v) is 24.4. The van der Waals surface area contributed by atoms with Crippen molar-refractivity contribution in [2.24, 2.45) is 23.7 Å². The highest BCUT2D eigenvalue weighted by atomic mass is 16.5. The van der Waals surface area contributed by atoms with Gasteiger partial charge in [0.1, 0.15) is 23.7 Å². The minimum absolute atomic E-state index is 0.0452. The van der Waals surface area contributed by atoms with Crippen molar-refractivity contribution in [2.45, 2.75) is 113 Å². The zero-order valence-corrected chi connectivity index (χ0v) is 39.2. The van der Waals surface area contributed by atoms with Gasteiger partial charge in [0.15, 0.2) is 0 Å². The Hall–Kier alpha value is -6.18. The van der Waals surface area contributed by atoms with Crippen molar-refractivity contribution in [3.05, 3.63) is 71.3 Å². The van der Waals surface area contributed by atoms with E-state index in [1.807, 2.05) is 46.2 Å². The summed E-state index contributed by atoms with van der Waals surface area (Å²) >= 11 is 0. The Morgan fingerprint density at radius 2 is 1.41 bits per heavy atom.